The number of hydrogen-bond donors (Lipinski definition) is 2. The molecule has 2 aromatic rings. The van der Waals surface area contributed by atoms with Gasteiger partial charge < -0.3 is 5.11 Å². The number of amides is 1. The van der Waals surface area contributed by atoms with Gasteiger partial charge >= 0.3 is 0 Å². The first-order valence-electron chi connectivity index (χ1n) is 5.94. The standard InChI is InChI=1S/C13H13N3O2S2/c1-2-16-12(18)10(20-13(16)19)8-14-15-11(17)9-6-4-3-5-7-9/h3-8,18H,2H2,1H3,(H,15,17). The van der Waals surface area contributed by atoms with Gasteiger partial charge in [0.15, 0.2) is 3.95 Å². The Morgan fingerprint density at radius 2 is 2.20 bits per heavy atom. The number of nitrogens with one attached hydrogen (secondary N) is 1. The zero-order chi connectivity index (χ0) is 14.5. The van der Waals surface area contributed by atoms with Crippen LogP contribution >= 0.6 is 23.6 Å². The molecule has 0 bridgehead atoms. The summed E-state index contributed by atoms with van der Waals surface area (Å²) in [6.45, 7) is 2.48. The lowest BCUT2D eigenvalue weighted by molar-refractivity contribution is 0.0955. The molecule has 1 heterocycles. The van der Waals surface area contributed by atoms with Gasteiger partial charge in [-0.25, -0.2) is 5.43 Å². The zero-order valence-corrected chi connectivity index (χ0v) is 12.4. The van der Waals surface area contributed by atoms with Gasteiger partial charge in [0.25, 0.3) is 5.91 Å². The van der Waals surface area contributed by atoms with Gasteiger partial charge in [-0.15, -0.1) is 0 Å². The Bertz CT molecular complexity index is 689. The molecule has 5 nitrogen and oxygen atoms in total. The summed E-state index contributed by atoms with van der Waals surface area (Å²) in [4.78, 5) is 12.3. The highest BCUT2D eigenvalue weighted by atomic mass is 32.1. The summed E-state index contributed by atoms with van der Waals surface area (Å²) in [6, 6.07) is 8.77. The van der Waals surface area contributed by atoms with E-state index in [-0.39, 0.29) is 11.8 Å². The van der Waals surface area contributed by atoms with Crippen LogP contribution in [0.3, 0.4) is 0 Å². The predicted molar refractivity (Wildman–Crippen MR) is 82.0 cm³/mol. The molecule has 1 amide bonds. The average Bonchev–Trinajstić information content (AvgIpc) is 2.74. The fraction of sp³-hybridized carbons (Fsp3) is 0.154. The van der Waals surface area contributed by atoms with Crippen molar-refractivity contribution in [3.63, 3.8) is 0 Å². The molecule has 0 saturated carbocycles. The molecule has 7 heteroatoms. The third-order valence-electron chi connectivity index (χ3n) is 2.59. The maximum atomic E-state index is 11.7. The maximum absolute atomic E-state index is 11.7. The van der Waals surface area contributed by atoms with Crippen LogP contribution in [0.1, 0.15) is 22.2 Å². The highest BCUT2D eigenvalue weighted by molar-refractivity contribution is 7.73. The molecule has 1 aromatic heterocycles. The van der Waals surface area contributed by atoms with E-state index in [1.165, 1.54) is 17.6 Å². The van der Waals surface area contributed by atoms with E-state index in [4.69, 9.17) is 12.2 Å². The minimum absolute atomic E-state index is 0.0696. The van der Waals surface area contributed by atoms with Crippen molar-refractivity contribution < 1.29 is 9.90 Å². The topological polar surface area (TPSA) is 66.6 Å². The molecule has 20 heavy (non-hydrogen) atoms. The van der Waals surface area contributed by atoms with Crippen molar-refractivity contribution in [2.24, 2.45) is 5.10 Å². The van der Waals surface area contributed by atoms with Crippen LogP contribution in [0.4, 0.5) is 0 Å². The van der Waals surface area contributed by atoms with E-state index in [1.54, 1.807) is 28.8 Å². The van der Waals surface area contributed by atoms with Crippen molar-refractivity contribution in [3.8, 4) is 5.88 Å². The molecule has 2 N–H and O–H groups in total. The molecular formula is C13H13N3O2S2. The molecule has 2 rings (SSSR count). The minimum atomic E-state index is -0.306. The monoisotopic (exact) mass is 307 g/mol. The van der Waals surface area contributed by atoms with Crippen molar-refractivity contribution in [2.45, 2.75) is 13.5 Å². The van der Waals surface area contributed by atoms with Crippen molar-refractivity contribution in [1.29, 1.82) is 0 Å². The second kappa shape index (κ2) is 6.44. The van der Waals surface area contributed by atoms with Crippen molar-refractivity contribution in [3.05, 3.63) is 44.7 Å². The van der Waals surface area contributed by atoms with Crippen LogP contribution in [-0.4, -0.2) is 21.8 Å². The Balaban J connectivity index is 2.08. The van der Waals surface area contributed by atoms with Gasteiger partial charge in [-0.3, -0.25) is 9.36 Å². The van der Waals surface area contributed by atoms with E-state index < -0.39 is 0 Å². The fourth-order valence-electron chi connectivity index (χ4n) is 1.58. The van der Waals surface area contributed by atoms with Crippen LogP contribution in [0.5, 0.6) is 5.88 Å². The highest BCUT2D eigenvalue weighted by Gasteiger charge is 2.08. The largest absolute Gasteiger partial charge is 0.493 e. The van der Waals surface area contributed by atoms with Gasteiger partial charge in [0, 0.05) is 12.1 Å². The van der Waals surface area contributed by atoms with Crippen molar-refractivity contribution >= 4 is 35.7 Å². The number of hydrazone groups is 1. The normalized spacial score (nSPS) is 10.8. The first-order chi connectivity index (χ1) is 9.63. The molecule has 0 unspecified atom stereocenters. The fourth-order valence-corrected chi connectivity index (χ4v) is 2.89. The van der Waals surface area contributed by atoms with E-state index >= 15 is 0 Å². The number of hydrogen-bond acceptors (Lipinski definition) is 5. The number of aromatic hydroxyl groups is 1. The number of aromatic nitrogens is 1. The van der Waals surface area contributed by atoms with Gasteiger partial charge in [-0.1, -0.05) is 29.5 Å². The van der Waals surface area contributed by atoms with E-state index in [0.717, 1.165) is 0 Å². The van der Waals surface area contributed by atoms with Crippen molar-refractivity contribution in [2.75, 3.05) is 0 Å². The van der Waals surface area contributed by atoms with Gasteiger partial charge in [-0.2, -0.15) is 5.10 Å². The predicted octanol–water partition coefficient (Wildman–Crippen LogP) is 2.77. The maximum Gasteiger partial charge on any atom is 0.271 e. The number of carbonyl (C=O) groups excluding carboxylic acids is 1. The van der Waals surface area contributed by atoms with E-state index in [9.17, 15) is 9.90 Å². The SMILES string of the molecule is CCn1c(O)c(C=NNC(=O)c2ccccc2)sc1=S. The molecule has 0 saturated heterocycles. The van der Waals surface area contributed by atoms with Crippen LogP contribution in [-0.2, 0) is 6.54 Å². The molecule has 0 radical (unpaired) electrons. The van der Waals surface area contributed by atoms with Crippen LogP contribution in [0.25, 0.3) is 0 Å². The number of thiazole rings is 1. The molecule has 0 aliphatic carbocycles. The van der Waals surface area contributed by atoms with Crippen LogP contribution < -0.4 is 5.43 Å². The van der Waals surface area contributed by atoms with Gasteiger partial charge in [-0.05, 0) is 31.3 Å². The van der Waals surface area contributed by atoms with Crippen LogP contribution in [0.2, 0.25) is 0 Å². The smallest absolute Gasteiger partial charge is 0.271 e. The number of benzene rings is 1. The Morgan fingerprint density at radius 1 is 1.50 bits per heavy atom. The Kier molecular flexibility index (Phi) is 4.65. The van der Waals surface area contributed by atoms with Gasteiger partial charge in [0.1, 0.15) is 4.88 Å². The molecule has 0 spiro atoms. The average molecular weight is 307 g/mol. The molecule has 1 aromatic carbocycles. The summed E-state index contributed by atoms with van der Waals surface area (Å²) in [7, 11) is 0. The molecular weight excluding hydrogens is 294 g/mol. The quantitative estimate of drug-likeness (QED) is 0.518. The first kappa shape index (κ1) is 14.4. The Hall–Kier alpha value is -1.99. The summed E-state index contributed by atoms with van der Waals surface area (Å²) >= 11 is 6.35. The van der Waals surface area contributed by atoms with E-state index in [1.807, 2.05) is 13.0 Å². The highest BCUT2D eigenvalue weighted by Crippen LogP contribution is 2.23. The number of nitrogens with zero attached hydrogens (tertiary/aromatic N) is 2. The van der Waals surface area contributed by atoms with Crippen LogP contribution in [0, 0.1) is 3.95 Å². The summed E-state index contributed by atoms with van der Waals surface area (Å²) in [6.07, 6.45) is 1.39. The second-order valence-electron chi connectivity index (χ2n) is 3.87. The first-order valence-corrected chi connectivity index (χ1v) is 7.17. The van der Waals surface area contributed by atoms with Gasteiger partial charge in [0.2, 0.25) is 5.88 Å². The molecule has 0 aliphatic heterocycles. The molecule has 0 fully saturated rings. The molecule has 0 atom stereocenters. The summed E-state index contributed by atoms with van der Waals surface area (Å²) < 4.78 is 2.17. The Labute approximate surface area is 125 Å². The minimum Gasteiger partial charge on any atom is -0.493 e. The molecule has 104 valence electrons. The summed E-state index contributed by atoms with van der Waals surface area (Å²) in [5.41, 5.74) is 2.93. The Morgan fingerprint density at radius 3 is 2.80 bits per heavy atom. The van der Waals surface area contributed by atoms with E-state index in [2.05, 4.69) is 10.5 Å². The van der Waals surface area contributed by atoms with Gasteiger partial charge in [0.05, 0.1) is 6.21 Å². The second-order valence-corrected chi connectivity index (χ2v) is 5.54. The number of rotatable bonds is 4. The lowest BCUT2D eigenvalue weighted by atomic mass is 10.2. The number of carbonyl (C=O) groups is 1. The summed E-state index contributed by atoms with van der Waals surface area (Å²) in [5, 5.41) is 13.7. The zero-order valence-electron chi connectivity index (χ0n) is 10.7. The summed E-state index contributed by atoms with van der Waals surface area (Å²) in [5.74, 6) is -0.236. The van der Waals surface area contributed by atoms with E-state index in [0.29, 0.717) is 20.9 Å². The van der Waals surface area contributed by atoms with Crippen LogP contribution in [0.15, 0.2) is 35.4 Å². The third-order valence-corrected chi connectivity index (χ3v) is 3.97. The molecule has 0 aliphatic rings. The third kappa shape index (κ3) is 3.12. The lowest BCUT2D eigenvalue weighted by Gasteiger charge is -1.99. The van der Waals surface area contributed by atoms with Crippen molar-refractivity contribution in [1.82, 2.24) is 9.99 Å². The lowest BCUT2D eigenvalue weighted by Crippen LogP contribution is -2.17.